The zero-order valence-corrected chi connectivity index (χ0v) is 13.9. The van der Waals surface area contributed by atoms with Gasteiger partial charge in [0.2, 0.25) is 9.84 Å². The highest BCUT2D eigenvalue weighted by Gasteiger charge is 2.30. The van der Waals surface area contributed by atoms with Gasteiger partial charge >= 0.3 is 0 Å². The second kappa shape index (κ2) is 6.01. The second-order valence-electron chi connectivity index (χ2n) is 5.10. The number of sulfone groups is 1. The van der Waals surface area contributed by atoms with E-state index in [0.717, 1.165) is 5.41 Å². The van der Waals surface area contributed by atoms with Crippen molar-refractivity contribution in [2.45, 2.75) is 4.90 Å². The molecule has 0 atom stereocenters. The predicted octanol–water partition coefficient (Wildman–Crippen LogP) is 2.47. The lowest BCUT2D eigenvalue weighted by Crippen LogP contribution is -2.13. The fourth-order valence-corrected chi connectivity index (χ4v) is 3.93. The van der Waals surface area contributed by atoms with Crippen LogP contribution in [0.15, 0.2) is 52.8 Å². The Morgan fingerprint density at radius 1 is 1.00 bits per heavy atom. The molecule has 0 aromatic heterocycles. The van der Waals surface area contributed by atoms with E-state index < -0.39 is 15.7 Å². The van der Waals surface area contributed by atoms with E-state index in [9.17, 15) is 13.2 Å². The first-order chi connectivity index (χ1) is 11.5. The molecular formula is C17H15NO5S. The van der Waals surface area contributed by atoms with Crippen LogP contribution >= 0.6 is 0 Å². The number of nitrogens with one attached hydrogen (secondary N) is 1. The molecule has 1 heterocycles. The zero-order chi connectivity index (χ0) is 17.3. The van der Waals surface area contributed by atoms with E-state index in [4.69, 9.17) is 9.47 Å². The summed E-state index contributed by atoms with van der Waals surface area (Å²) in [6.07, 6.45) is 0. The minimum absolute atomic E-state index is 0.111. The van der Waals surface area contributed by atoms with Gasteiger partial charge in [0.1, 0.15) is 0 Å². The van der Waals surface area contributed by atoms with Crippen LogP contribution in [0.3, 0.4) is 0 Å². The third kappa shape index (κ3) is 2.74. The number of fused-ring (bicyclic) bond motifs is 1. The van der Waals surface area contributed by atoms with E-state index in [-0.39, 0.29) is 10.5 Å². The lowest BCUT2D eigenvalue weighted by Gasteiger charge is -2.11. The van der Waals surface area contributed by atoms with Crippen molar-refractivity contribution in [3.63, 3.8) is 0 Å². The summed E-state index contributed by atoms with van der Waals surface area (Å²) in [6, 6.07) is 11.3. The average molecular weight is 345 g/mol. The summed E-state index contributed by atoms with van der Waals surface area (Å²) < 4.78 is 34.6. The summed E-state index contributed by atoms with van der Waals surface area (Å²) in [7, 11) is -0.576. The number of ether oxygens (including phenoxy) is 2. The third-order valence-electron chi connectivity index (χ3n) is 3.64. The van der Waals surface area contributed by atoms with Crippen LogP contribution in [0.4, 0.5) is 5.69 Å². The van der Waals surface area contributed by atoms with Crippen LogP contribution in [0.5, 0.6) is 11.5 Å². The van der Waals surface area contributed by atoms with Crippen molar-refractivity contribution >= 4 is 27.0 Å². The van der Waals surface area contributed by atoms with E-state index in [0.29, 0.717) is 22.7 Å². The molecule has 0 saturated heterocycles. The summed E-state index contributed by atoms with van der Waals surface area (Å²) in [6.45, 7) is 0. The van der Waals surface area contributed by atoms with Gasteiger partial charge in [-0.15, -0.1) is 0 Å². The quantitative estimate of drug-likeness (QED) is 0.920. The summed E-state index contributed by atoms with van der Waals surface area (Å²) in [5.74, 6) is 0.489. The molecule has 0 spiro atoms. The number of methoxy groups -OCH3 is 2. The SMILES string of the molecule is COc1ccc(NC(=O)C2=CS(=O)(=O)c3ccccc32)cc1OC. The number of amides is 1. The number of hydrogen-bond acceptors (Lipinski definition) is 5. The lowest BCUT2D eigenvalue weighted by atomic mass is 10.1. The van der Waals surface area contributed by atoms with Crippen LogP contribution < -0.4 is 14.8 Å². The minimum atomic E-state index is -3.58. The van der Waals surface area contributed by atoms with E-state index in [1.54, 1.807) is 36.4 Å². The van der Waals surface area contributed by atoms with Crippen molar-refractivity contribution in [1.82, 2.24) is 0 Å². The molecule has 24 heavy (non-hydrogen) atoms. The van der Waals surface area contributed by atoms with Crippen molar-refractivity contribution in [3.8, 4) is 11.5 Å². The van der Waals surface area contributed by atoms with Crippen molar-refractivity contribution in [1.29, 1.82) is 0 Å². The molecule has 0 radical (unpaired) electrons. The second-order valence-corrected chi connectivity index (χ2v) is 6.86. The number of hydrogen-bond donors (Lipinski definition) is 1. The van der Waals surface area contributed by atoms with Crippen LogP contribution in [-0.4, -0.2) is 28.5 Å². The Balaban J connectivity index is 1.92. The van der Waals surface area contributed by atoms with Crippen LogP contribution in [0.25, 0.3) is 5.57 Å². The van der Waals surface area contributed by atoms with Gasteiger partial charge in [-0.05, 0) is 18.2 Å². The van der Waals surface area contributed by atoms with Crippen molar-refractivity contribution in [2.24, 2.45) is 0 Å². The van der Waals surface area contributed by atoms with Gasteiger partial charge in [-0.3, -0.25) is 4.79 Å². The number of rotatable bonds is 4. The molecule has 2 aromatic carbocycles. The maximum absolute atomic E-state index is 12.5. The summed E-state index contributed by atoms with van der Waals surface area (Å²) in [4.78, 5) is 12.6. The Bertz CT molecular complexity index is 947. The molecule has 0 fully saturated rings. The Labute approximate surface area is 139 Å². The van der Waals surface area contributed by atoms with Gasteiger partial charge in [0, 0.05) is 22.7 Å². The van der Waals surface area contributed by atoms with Crippen molar-refractivity contribution in [3.05, 3.63) is 53.4 Å². The fourth-order valence-electron chi connectivity index (χ4n) is 2.51. The van der Waals surface area contributed by atoms with Gasteiger partial charge < -0.3 is 14.8 Å². The molecule has 3 rings (SSSR count). The Morgan fingerprint density at radius 2 is 1.71 bits per heavy atom. The maximum Gasteiger partial charge on any atom is 0.257 e. The van der Waals surface area contributed by atoms with Gasteiger partial charge in [0.15, 0.2) is 11.5 Å². The standard InChI is InChI=1S/C17H15NO5S/c1-22-14-8-7-11(9-15(14)23-2)18-17(19)13-10-24(20,21)16-6-4-3-5-12(13)16/h3-10H,1-2H3,(H,18,19). The van der Waals surface area contributed by atoms with Crippen LogP contribution in [0.1, 0.15) is 5.56 Å². The van der Waals surface area contributed by atoms with Crippen LogP contribution in [0.2, 0.25) is 0 Å². The smallest absolute Gasteiger partial charge is 0.257 e. The zero-order valence-electron chi connectivity index (χ0n) is 13.1. The molecule has 2 aromatic rings. The van der Waals surface area contributed by atoms with Crippen LogP contribution in [0, 0.1) is 0 Å². The van der Waals surface area contributed by atoms with Gasteiger partial charge in [-0.1, -0.05) is 18.2 Å². The Hall–Kier alpha value is -2.80. The molecule has 124 valence electrons. The topological polar surface area (TPSA) is 81.7 Å². The lowest BCUT2D eigenvalue weighted by molar-refractivity contribution is -0.111. The van der Waals surface area contributed by atoms with E-state index in [1.165, 1.54) is 20.3 Å². The molecule has 1 aliphatic heterocycles. The first-order valence-corrected chi connectivity index (χ1v) is 8.60. The summed E-state index contributed by atoms with van der Waals surface area (Å²) in [5, 5.41) is 3.68. The monoisotopic (exact) mass is 345 g/mol. The first-order valence-electron chi connectivity index (χ1n) is 7.06. The van der Waals surface area contributed by atoms with Gasteiger partial charge in [-0.25, -0.2) is 8.42 Å². The van der Waals surface area contributed by atoms with Crippen molar-refractivity contribution in [2.75, 3.05) is 19.5 Å². The molecule has 7 heteroatoms. The predicted molar refractivity (Wildman–Crippen MR) is 89.8 cm³/mol. The largest absolute Gasteiger partial charge is 0.493 e. The number of carbonyl (C=O) groups excluding carboxylic acids is 1. The molecular weight excluding hydrogens is 330 g/mol. The van der Waals surface area contributed by atoms with Gasteiger partial charge in [0.05, 0.1) is 24.7 Å². The number of anilines is 1. The molecule has 1 N–H and O–H groups in total. The van der Waals surface area contributed by atoms with Gasteiger partial charge in [-0.2, -0.15) is 0 Å². The fraction of sp³-hybridized carbons (Fsp3) is 0.118. The molecule has 6 nitrogen and oxygen atoms in total. The summed E-state index contributed by atoms with van der Waals surface area (Å²) >= 11 is 0. The molecule has 0 bridgehead atoms. The maximum atomic E-state index is 12.5. The van der Waals surface area contributed by atoms with E-state index in [1.807, 2.05) is 0 Å². The van der Waals surface area contributed by atoms with Gasteiger partial charge in [0.25, 0.3) is 5.91 Å². The Morgan fingerprint density at radius 3 is 2.42 bits per heavy atom. The normalized spacial score (nSPS) is 14.5. The van der Waals surface area contributed by atoms with E-state index >= 15 is 0 Å². The molecule has 0 aliphatic carbocycles. The molecule has 1 amide bonds. The molecule has 0 saturated carbocycles. The third-order valence-corrected chi connectivity index (χ3v) is 5.16. The highest BCUT2D eigenvalue weighted by Crippen LogP contribution is 2.35. The molecule has 0 unspecified atom stereocenters. The average Bonchev–Trinajstić information content (AvgIpc) is 2.86. The van der Waals surface area contributed by atoms with E-state index in [2.05, 4.69) is 5.32 Å². The van der Waals surface area contributed by atoms with Crippen molar-refractivity contribution < 1.29 is 22.7 Å². The summed E-state index contributed by atoms with van der Waals surface area (Å²) in [5.41, 5.74) is 0.983. The number of carbonyl (C=O) groups is 1. The number of benzene rings is 2. The first kappa shape index (κ1) is 16.1. The van der Waals surface area contributed by atoms with Crippen LogP contribution in [-0.2, 0) is 14.6 Å². The highest BCUT2D eigenvalue weighted by molar-refractivity contribution is 7.95. The Kier molecular flexibility index (Phi) is 4.02. The molecule has 1 aliphatic rings. The highest BCUT2D eigenvalue weighted by atomic mass is 32.2. The minimum Gasteiger partial charge on any atom is -0.493 e.